The van der Waals surface area contributed by atoms with Crippen molar-refractivity contribution in [2.45, 2.75) is 32.6 Å². The minimum atomic E-state index is 0.222. The molecule has 2 heterocycles. The van der Waals surface area contributed by atoms with Crippen LogP contribution in [0.15, 0.2) is 0 Å². The highest BCUT2D eigenvalue weighted by molar-refractivity contribution is 7.99. The van der Waals surface area contributed by atoms with Gasteiger partial charge >= 0.3 is 0 Å². The number of hydrogen-bond donors (Lipinski definition) is 0. The van der Waals surface area contributed by atoms with Gasteiger partial charge in [0.05, 0.1) is 17.5 Å². The average Bonchev–Trinajstić information content (AvgIpc) is 2.96. The first-order valence-electron chi connectivity index (χ1n) is 7.46. The van der Waals surface area contributed by atoms with Gasteiger partial charge in [-0.25, -0.2) is 4.68 Å². The number of carbonyl (C=O) groups excluding carboxylic acids is 1. The Balaban J connectivity index is 1.73. The number of carbonyl (C=O) groups is 1. The number of nitrogens with zero attached hydrogens (tertiary/aromatic N) is 6. The molecule has 0 atom stereocenters. The second-order valence-corrected chi connectivity index (χ2v) is 6.43. The Hall–Kier alpha value is -1.15. The van der Waals surface area contributed by atoms with Gasteiger partial charge in [0, 0.05) is 26.2 Å². The summed E-state index contributed by atoms with van der Waals surface area (Å²) >= 11 is 1.58. The van der Waals surface area contributed by atoms with Crippen LogP contribution in [-0.4, -0.2) is 74.4 Å². The Morgan fingerprint density at radius 1 is 1.29 bits per heavy atom. The monoisotopic (exact) mass is 312 g/mol. The Kier molecular flexibility index (Phi) is 5.98. The summed E-state index contributed by atoms with van der Waals surface area (Å²) in [5.74, 6) is 2.22. The molecule has 0 saturated carbocycles. The van der Waals surface area contributed by atoms with Crippen molar-refractivity contribution in [2.24, 2.45) is 0 Å². The Labute approximate surface area is 130 Å². The summed E-state index contributed by atoms with van der Waals surface area (Å²) in [5, 5.41) is 11.7. The van der Waals surface area contributed by atoms with Crippen LogP contribution in [0.4, 0.5) is 0 Å². The van der Waals surface area contributed by atoms with Crippen LogP contribution in [0, 0.1) is 0 Å². The van der Waals surface area contributed by atoms with E-state index in [1.807, 2.05) is 18.7 Å². The van der Waals surface area contributed by atoms with E-state index in [4.69, 9.17) is 0 Å². The molecule has 0 radical (unpaired) electrons. The molecule has 0 spiro atoms. The molecule has 1 fully saturated rings. The number of piperazine rings is 1. The van der Waals surface area contributed by atoms with E-state index < -0.39 is 0 Å². The zero-order valence-electron chi connectivity index (χ0n) is 13.0. The van der Waals surface area contributed by atoms with Crippen molar-refractivity contribution in [3.05, 3.63) is 5.82 Å². The van der Waals surface area contributed by atoms with Crippen molar-refractivity contribution in [3.8, 4) is 0 Å². The van der Waals surface area contributed by atoms with Crippen LogP contribution in [0.5, 0.6) is 0 Å². The zero-order chi connectivity index (χ0) is 15.2. The number of rotatable bonds is 6. The highest BCUT2D eigenvalue weighted by Crippen LogP contribution is 2.13. The van der Waals surface area contributed by atoms with Gasteiger partial charge in [-0.1, -0.05) is 6.92 Å². The molecule has 0 unspecified atom stereocenters. The van der Waals surface area contributed by atoms with E-state index in [0.29, 0.717) is 11.5 Å². The summed E-state index contributed by atoms with van der Waals surface area (Å²) in [7, 11) is 0. The van der Waals surface area contributed by atoms with E-state index in [-0.39, 0.29) is 11.9 Å². The summed E-state index contributed by atoms with van der Waals surface area (Å²) in [6.07, 6.45) is 0. The average molecular weight is 312 g/mol. The van der Waals surface area contributed by atoms with Crippen LogP contribution in [0.25, 0.3) is 0 Å². The summed E-state index contributed by atoms with van der Waals surface area (Å²) in [6.45, 7) is 11.0. The minimum Gasteiger partial charge on any atom is -0.339 e. The van der Waals surface area contributed by atoms with E-state index in [9.17, 15) is 4.79 Å². The maximum atomic E-state index is 12.2. The number of likely N-dealkylation sites (N-methyl/N-ethyl adjacent to an activating group) is 1. The predicted octanol–water partition coefficient (Wildman–Crippen LogP) is 0.651. The van der Waals surface area contributed by atoms with Crippen LogP contribution < -0.4 is 0 Å². The fourth-order valence-corrected chi connectivity index (χ4v) is 3.17. The van der Waals surface area contributed by atoms with Gasteiger partial charge in [0.2, 0.25) is 5.91 Å². The Bertz CT molecular complexity index is 455. The fraction of sp³-hybridized carbons (Fsp3) is 0.846. The van der Waals surface area contributed by atoms with Gasteiger partial charge in [0.15, 0.2) is 5.82 Å². The van der Waals surface area contributed by atoms with E-state index in [1.165, 1.54) is 0 Å². The third kappa shape index (κ3) is 4.41. The number of amides is 1. The second kappa shape index (κ2) is 7.74. The van der Waals surface area contributed by atoms with Crippen molar-refractivity contribution in [3.63, 3.8) is 0 Å². The lowest BCUT2D eigenvalue weighted by Crippen LogP contribution is -2.49. The largest absolute Gasteiger partial charge is 0.339 e. The van der Waals surface area contributed by atoms with Gasteiger partial charge < -0.3 is 9.80 Å². The lowest BCUT2D eigenvalue weighted by molar-refractivity contribution is -0.130. The molecule has 1 saturated heterocycles. The van der Waals surface area contributed by atoms with Gasteiger partial charge in [-0.05, 0) is 30.8 Å². The molecule has 0 N–H and O–H groups in total. The summed E-state index contributed by atoms with van der Waals surface area (Å²) < 4.78 is 1.80. The van der Waals surface area contributed by atoms with Crippen molar-refractivity contribution in [2.75, 3.05) is 38.5 Å². The van der Waals surface area contributed by atoms with E-state index in [2.05, 4.69) is 27.3 Å². The molecule has 21 heavy (non-hydrogen) atoms. The number of tetrazole rings is 1. The minimum absolute atomic E-state index is 0.222. The third-order valence-electron chi connectivity index (χ3n) is 3.68. The molecule has 0 aromatic carbocycles. The smallest absolute Gasteiger partial charge is 0.232 e. The van der Waals surface area contributed by atoms with Gasteiger partial charge in [0.25, 0.3) is 0 Å². The van der Waals surface area contributed by atoms with Crippen LogP contribution in [0.3, 0.4) is 0 Å². The second-order valence-electron chi connectivity index (χ2n) is 5.44. The normalized spacial score (nSPS) is 16.7. The highest BCUT2D eigenvalue weighted by Gasteiger charge is 2.20. The van der Waals surface area contributed by atoms with Gasteiger partial charge in [-0.15, -0.1) is 16.9 Å². The maximum Gasteiger partial charge on any atom is 0.232 e. The van der Waals surface area contributed by atoms with Crippen LogP contribution in [0.2, 0.25) is 0 Å². The molecule has 1 aliphatic heterocycles. The first kappa shape index (κ1) is 16.2. The molecule has 1 aromatic heterocycles. The van der Waals surface area contributed by atoms with Crippen LogP contribution >= 0.6 is 11.8 Å². The molecule has 0 aliphatic carbocycles. The molecule has 1 aromatic rings. The molecule has 8 heteroatoms. The summed E-state index contributed by atoms with van der Waals surface area (Å²) in [5.41, 5.74) is 0. The van der Waals surface area contributed by atoms with E-state index in [1.54, 1.807) is 16.4 Å². The van der Waals surface area contributed by atoms with Crippen LogP contribution in [-0.2, 0) is 10.5 Å². The molecular weight excluding hydrogens is 288 g/mol. The standard InChI is InChI=1S/C13H24N6OS/c1-4-17-5-7-18(8-6-17)13(20)10-21-9-12-14-15-16-19(12)11(2)3/h11H,4-10H2,1-3H3. The molecule has 1 amide bonds. The van der Waals surface area contributed by atoms with Crippen molar-refractivity contribution < 1.29 is 4.79 Å². The van der Waals surface area contributed by atoms with Gasteiger partial charge in [0.1, 0.15) is 0 Å². The molecule has 118 valence electrons. The van der Waals surface area contributed by atoms with Gasteiger partial charge in [-0.2, -0.15) is 0 Å². The first-order chi connectivity index (χ1) is 10.1. The lowest BCUT2D eigenvalue weighted by Gasteiger charge is -2.34. The Morgan fingerprint density at radius 3 is 2.62 bits per heavy atom. The van der Waals surface area contributed by atoms with Gasteiger partial charge in [-0.3, -0.25) is 4.79 Å². The maximum absolute atomic E-state index is 12.2. The molecule has 0 bridgehead atoms. The van der Waals surface area contributed by atoms with Crippen molar-refractivity contribution in [1.29, 1.82) is 0 Å². The zero-order valence-corrected chi connectivity index (χ0v) is 13.8. The summed E-state index contributed by atoms with van der Waals surface area (Å²) in [6, 6.07) is 0.244. The van der Waals surface area contributed by atoms with E-state index >= 15 is 0 Å². The number of hydrogen-bond acceptors (Lipinski definition) is 6. The first-order valence-corrected chi connectivity index (χ1v) is 8.62. The predicted molar refractivity (Wildman–Crippen MR) is 83.1 cm³/mol. The molecule has 1 aliphatic rings. The van der Waals surface area contributed by atoms with Crippen molar-refractivity contribution in [1.82, 2.24) is 30.0 Å². The quantitative estimate of drug-likeness (QED) is 0.768. The number of thioether (sulfide) groups is 1. The number of aromatic nitrogens is 4. The van der Waals surface area contributed by atoms with Crippen LogP contribution in [0.1, 0.15) is 32.6 Å². The molecule has 2 rings (SSSR count). The SMILES string of the molecule is CCN1CCN(C(=O)CSCc2nnnn2C(C)C)CC1. The molecule has 7 nitrogen and oxygen atoms in total. The third-order valence-corrected chi connectivity index (χ3v) is 4.59. The molecular formula is C13H24N6OS. The fourth-order valence-electron chi connectivity index (χ4n) is 2.34. The Morgan fingerprint density at radius 2 is 2.00 bits per heavy atom. The van der Waals surface area contributed by atoms with E-state index in [0.717, 1.165) is 38.5 Å². The lowest BCUT2D eigenvalue weighted by atomic mass is 10.3. The highest BCUT2D eigenvalue weighted by atomic mass is 32.2. The van der Waals surface area contributed by atoms with Crippen molar-refractivity contribution >= 4 is 17.7 Å². The summed E-state index contributed by atoms with van der Waals surface area (Å²) in [4.78, 5) is 16.5. The topological polar surface area (TPSA) is 67.2 Å².